The number of alkyl halides is 3. The number of hydrogen-bond acceptors (Lipinski definition) is 5. The summed E-state index contributed by atoms with van der Waals surface area (Å²) in [5, 5.41) is 19.5. The summed E-state index contributed by atoms with van der Waals surface area (Å²) in [6.07, 6.45) is -4.89. The standard InChI is InChI=1S/C14H7ClF3NO6.Na.H/c15-10-6-8(25-14(16,17)18)2-4-12(10)24-7-1-3-11(19(22)23)9(5-7)13(20)21;;/h1-6H,(H,20,21);;/q;+1;-1. The number of halogens is 4. The zero-order chi connectivity index (χ0) is 18.8. The van der Waals surface area contributed by atoms with E-state index in [2.05, 4.69) is 4.74 Å². The first kappa shape index (κ1) is 22.0. The summed E-state index contributed by atoms with van der Waals surface area (Å²) in [6.45, 7) is 0. The van der Waals surface area contributed by atoms with Crippen molar-refractivity contribution in [1.82, 2.24) is 0 Å². The fourth-order valence-corrected chi connectivity index (χ4v) is 2.01. The van der Waals surface area contributed by atoms with Gasteiger partial charge in [-0.05, 0) is 18.2 Å². The van der Waals surface area contributed by atoms with Gasteiger partial charge in [-0.25, -0.2) is 4.79 Å². The molecule has 26 heavy (non-hydrogen) atoms. The summed E-state index contributed by atoms with van der Waals surface area (Å²) in [4.78, 5) is 21.0. The zero-order valence-electron chi connectivity index (χ0n) is 13.9. The van der Waals surface area contributed by atoms with Crippen LogP contribution in [-0.4, -0.2) is 22.4 Å². The third-order valence-electron chi connectivity index (χ3n) is 2.76. The Labute approximate surface area is 172 Å². The van der Waals surface area contributed by atoms with Crippen LogP contribution in [0.5, 0.6) is 17.2 Å². The van der Waals surface area contributed by atoms with Gasteiger partial charge in [0, 0.05) is 18.2 Å². The van der Waals surface area contributed by atoms with Crippen LogP contribution in [0, 0.1) is 10.1 Å². The molecule has 0 fully saturated rings. The van der Waals surface area contributed by atoms with Crippen molar-refractivity contribution in [3.63, 3.8) is 0 Å². The molecule has 2 aromatic carbocycles. The first-order chi connectivity index (χ1) is 11.6. The Bertz CT molecular complexity index is 852. The van der Waals surface area contributed by atoms with Crippen LogP contribution in [0.15, 0.2) is 36.4 Å². The maximum Gasteiger partial charge on any atom is 1.00 e. The van der Waals surface area contributed by atoms with Gasteiger partial charge in [-0.1, -0.05) is 11.6 Å². The molecule has 0 radical (unpaired) electrons. The number of aromatic carboxylic acids is 1. The molecule has 0 spiro atoms. The van der Waals surface area contributed by atoms with Crippen LogP contribution < -0.4 is 39.0 Å². The van der Waals surface area contributed by atoms with E-state index in [0.717, 1.165) is 36.4 Å². The molecule has 2 aromatic rings. The number of carbonyl (C=O) groups is 1. The molecule has 0 saturated heterocycles. The topological polar surface area (TPSA) is 98.9 Å². The Kier molecular flexibility index (Phi) is 7.27. The zero-order valence-corrected chi connectivity index (χ0v) is 15.7. The van der Waals surface area contributed by atoms with Gasteiger partial charge >= 0.3 is 41.9 Å². The Morgan fingerprint density at radius 1 is 1.19 bits per heavy atom. The first-order valence-corrected chi connectivity index (χ1v) is 6.69. The number of benzene rings is 2. The molecular formula is C14H8ClF3NNaO6. The Morgan fingerprint density at radius 2 is 1.81 bits per heavy atom. The van der Waals surface area contributed by atoms with Gasteiger partial charge in [-0.3, -0.25) is 10.1 Å². The summed E-state index contributed by atoms with van der Waals surface area (Å²) in [7, 11) is 0. The third kappa shape index (κ3) is 5.77. The fraction of sp³-hybridized carbons (Fsp3) is 0.0714. The van der Waals surface area contributed by atoms with Crippen LogP contribution >= 0.6 is 11.6 Å². The van der Waals surface area contributed by atoms with E-state index in [9.17, 15) is 28.1 Å². The molecule has 0 unspecified atom stereocenters. The van der Waals surface area contributed by atoms with E-state index in [-0.39, 0.29) is 47.5 Å². The van der Waals surface area contributed by atoms with Crippen molar-refractivity contribution < 1.29 is 68.5 Å². The summed E-state index contributed by atoms with van der Waals surface area (Å²) < 4.78 is 45.4. The molecule has 1 N–H and O–H groups in total. The van der Waals surface area contributed by atoms with Crippen molar-refractivity contribution in [1.29, 1.82) is 0 Å². The van der Waals surface area contributed by atoms with E-state index in [4.69, 9.17) is 21.4 Å². The molecule has 0 heterocycles. The number of carboxylic acids is 1. The summed E-state index contributed by atoms with van der Waals surface area (Å²) in [5.41, 5.74) is -1.25. The van der Waals surface area contributed by atoms with E-state index >= 15 is 0 Å². The average Bonchev–Trinajstić information content (AvgIpc) is 2.48. The number of nitro groups is 1. The molecule has 0 atom stereocenters. The van der Waals surface area contributed by atoms with Crippen molar-refractivity contribution in [2.45, 2.75) is 6.36 Å². The van der Waals surface area contributed by atoms with E-state index in [1.54, 1.807) is 0 Å². The minimum atomic E-state index is -4.89. The van der Waals surface area contributed by atoms with Crippen molar-refractivity contribution in [3.05, 3.63) is 57.1 Å². The van der Waals surface area contributed by atoms with Gasteiger partial charge in [-0.2, -0.15) is 0 Å². The molecule has 0 aliphatic carbocycles. The molecule has 7 nitrogen and oxygen atoms in total. The molecule has 12 heteroatoms. The van der Waals surface area contributed by atoms with Crippen molar-refractivity contribution in [2.75, 3.05) is 0 Å². The van der Waals surface area contributed by atoms with Crippen LogP contribution in [0.25, 0.3) is 0 Å². The minimum absolute atomic E-state index is 0. The Morgan fingerprint density at radius 3 is 2.31 bits per heavy atom. The van der Waals surface area contributed by atoms with E-state index in [1.807, 2.05) is 0 Å². The van der Waals surface area contributed by atoms with E-state index in [0.29, 0.717) is 0 Å². The molecule has 0 amide bonds. The predicted molar refractivity (Wildman–Crippen MR) is 79.4 cm³/mol. The summed E-state index contributed by atoms with van der Waals surface area (Å²) >= 11 is 5.80. The first-order valence-electron chi connectivity index (χ1n) is 6.31. The molecule has 0 bridgehead atoms. The van der Waals surface area contributed by atoms with E-state index < -0.39 is 34.3 Å². The smallest absolute Gasteiger partial charge is 1.00 e. The fourth-order valence-electron chi connectivity index (χ4n) is 1.80. The van der Waals surface area contributed by atoms with Gasteiger partial charge in [0.1, 0.15) is 22.8 Å². The minimum Gasteiger partial charge on any atom is -1.00 e. The number of ether oxygens (including phenoxy) is 2. The molecule has 0 aliphatic heterocycles. The average molecular weight is 402 g/mol. The number of rotatable bonds is 5. The van der Waals surface area contributed by atoms with Gasteiger partial charge in [-0.15, -0.1) is 13.2 Å². The van der Waals surface area contributed by atoms with Gasteiger partial charge in [0.05, 0.1) is 9.95 Å². The van der Waals surface area contributed by atoms with Gasteiger partial charge < -0.3 is 16.0 Å². The molecular weight excluding hydrogens is 394 g/mol. The molecule has 134 valence electrons. The maximum atomic E-state index is 12.1. The van der Waals surface area contributed by atoms with Crippen molar-refractivity contribution in [3.8, 4) is 17.2 Å². The monoisotopic (exact) mass is 401 g/mol. The maximum absolute atomic E-state index is 12.1. The van der Waals surface area contributed by atoms with Crippen molar-refractivity contribution >= 4 is 23.3 Å². The third-order valence-corrected chi connectivity index (χ3v) is 3.06. The molecule has 0 saturated carbocycles. The van der Waals surface area contributed by atoms with Gasteiger partial charge in [0.2, 0.25) is 0 Å². The number of carboxylic acid groups (broad SMARTS) is 1. The number of hydrogen-bond donors (Lipinski definition) is 1. The summed E-state index contributed by atoms with van der Waals surface area (Å²) in [6, 6.07) is 5.82. The number of nitro benzene ring substituents is 1. The van der Waals surface area contributed by atoms with Gasteiger partial charge in [0.25, 0.3) is 5.69 Å². The van der Waals surface area contributed by atoms with Gasteiger partial charge in [0.15, 0.2) is 0 Å². The predicted octanol–water partition coefficient (Wildman–Crippen LogP) is 1.75. The second-order valence-electron chi connectivity index (χ2n) is 4.48. The van der Waals surface area contributed by atoms with Crippen LogP contribution in [0.2, 0.25) is 5.02 Å². The molecule has 2 rings (SSSR count). The van der Waals surface area contributed by atoms with Crippen LogP contribution in [0.1, 0.15) is 11.8 Å². The van der Waals surface area contributed by atoms with Crippen molar-refractivity contribution in [2.24, 2.45) is 0 Å². The quantitative estimate of drug-likeness (QED) is 0.465. The van der Waals surface area contributed by atoms with Crippen LogP contribution in [0.3, 0.4) is 0 Å². The normalized spacial score (nSPS) is 10.6. The second-order valence-corrected chi connectivity index (χ2v) is 4.89. The number of nitrogens with zero attached hydrogens (tertiary/aromatic N) is 1. The largest absolute Gasteiger partial charge is 1.00 e. The van der Waals surface area contributed by atoms with Crippen LogP contribution in [-0.2, 0) is 0 Å². The Balaban J connectivity index is 0.00000338. The Hall–Kier alpha value is -2.01. The second kappa shape index (κ2) is 8.58. The molecule has 0 aliphatic rings. The van der Waals surface area contributed by atoms with Crippen LogP contribution in [0.4, 0.5) is 18.9 Å². The SMILES string of the molecule is O=C(O)c1cc(Oc2ccc(OC(F)(F)F)cc2Cl)ccc1[N+](=O)[O-].[H-].[Na+]. The van der Waals surface area contributed by atoms with E-state index in [1.165, 1.54) is 0 Å². The summed E-state index contributed by atoms with van der Waals surface area (Å²) in [5.74, 6) is -2.31. The molecule has 0 aromatic heterocycles.